The second-order valence-electron chi connectivity index (χ2n) is 3.86. The van der Waals surface area contributed by atoms with E-state index in [-0.39, 0.29) is 0 Å². The Balaban J connectivity index is 2.18. The number of ether oxygens (including phenoxy) is 1. The van der Waals surface area contributed by atoms with Gasteiger partial charge in [-0.1, -0.05) is 17.7 Å². The van der Waals surface area contributed by atoms with E-state index >= 15 is 0 Å². The van der Waals surface area contributed by atoms with Crippen LogP contribution in [0, 0.1) is 0 Å². The Bertz CT molecular complexity index is 763. The molecule has 0 bridgehead atoms. The van der Waals surface area contributed by atoms with Crippen LogP contribution in [0.1, 0.15) is 10.5 Å². The number of fused-ring (bicyclic) bond motifs is 1. The van der Waals surface area contributed by atoms with Crippen molar-refractivity contribution in [3.8, 4) is 10.6 Å². The van der Waals surface area contributed by atoms with Crippen molar-refractivity contribution < 1.29 is 9.53 Å². The number of nitrogens with zero attached hydrogens (tertiary/aromatic N) is 2. The minimum absolute atomic E-state index is 0.390. The lowest BCUT2D eigenvalue weighted by atomic mass is 10.3. The molecule has 3 heterocycles. The first kappa shape index (κ1) is 12.2. The highest BCUT2D eigenvalue weighted by Gasteiger charge is 2.13. The van der Waals surface area contributed by atoms with Gasteiger partial charge in [-0.15, -0.1) is 11.3 Å². The second-order valence-corrected chi connectivity index (χ2v) is 5.58. The van der Waals surface area contributed by atoms with Gasteiger partial charge in [-0.25, -0.2) is 9.78 Å². The number of hydrogen-bond donors (Lipinski definition) is 0. The minimum atomic E-state index is -0.390. The van der Waals surface area contributed by atoms with Crippen LogP contribution in [0.3, 0.4) is 0 Å². The SMILES string of the molecule is COC(=O)c1cccc2nc(-c3ccc(Cl)s3)cn12. The van der Waals surface area contributed by atoms with Crippen LogP contribution in [0.5, 0.6) is 0 Å². The molecule has 0 N–H and O–H groups in total. The summed E-state index contributed by atoms with van der Waals surface area (Å²) in [4.78, 5) is 17.1. The van der Waals surface area contributed by atoms with Gasteiger partial charge in [0.2, 0.25) is 0 Å². The number of hydrogen-bond acceptors (Lipinski definition) is 4. The van der Waals surface area contributed by atoms with Crippen molar-refractivity contribution in [2.75, 3.05) is 7.11 Å². The Kier molecular flexibility index (Phi) is 3.00. The van der Waals surface area contributed by atoms with Crippen LogP contribution in [-0.4, -0.2) is 22.5 Å². The molecule has 0 spiro atoms. The van der Waals surface area contributed by atoms with Gasteiger partial charge in [0.25, 0.3) is 0 Å². The zero-order valence-corrected chi connectivity index (χ0v) is 11.5. The van der Waals surface area contributed by atoms with Gasteiger partial charge in [-0.2, -0.15) is 0 Å². The van der Waals surface area contributed by atoms with Gasteiger partial charge in [-0.3, -0.25) is 4.40 Å². The molecule has 0 aliphatic rings. The van der Waals surface area contributed by atoms with Crippen molar-refractivity contribution in [2.45, 2.75) is 0 Å². The Morgan fingerprint density at radius 1 is 1.37 bits per heavy atom. The number of carbonyl (C=O) groups is 1. The van der Waals surface area contributed by atoms with E-state index in [2.05, 4.69) is 4.98 Å². The van der Waals surface area contributed by atoms with Crippen LogP contribution >= 0.6 is 22.9 Å². The van der Waals surface area contributed by atoms with E-state index in [0.717, 1.165) is 10.6 Å². The molecule has 3 rings (SSSR count). The summed E-state index contributed by atoms with van der Waals surface area (Å²) in [7, 11) is 1.36. The van der Waals surface area contributed by atoms with Crippen molar-refractivity contribution in [2.24, 2.45) is 0 Å². The summed E-state index contributed by atoms with van der Waals surface area (Å²) in [5.41, 5.74) is 1.93. The lowest BCUT2D eigenvalue weighted by molar-refractivity contribution is 0.0592. The number of esters is 1. The summed E-state index contributed by atoms with van der Waals surface area (Å²) in [5, 5.41) is 0. The maximum absolute atomic E-state index is 11.7. The largest absolute Gasteiger partial charge is 0.464 e. The maximum Gasteiger partial charge on any atom is 0.355 e. The van der Waals surface area contributed by atoms with Crippen molar-refractivity contribution in [3.05, 3.63) is 46.6 Å². The van der Waals surface area contributed by atoms with Crippen LogP contribution in [0.2, 0.25) is 4.34 Å². The van der Waals surface area contributed by atoms with Gasteiger partial charge in [0.05, 0.1) is 22.0 Å². The Labute approximate surface area is 118 Å². The molecule has 0 fully saturated rings. The minimum Gasteiger partial charge on any atom is -0.464 e. The molecular weight excluding hydrogens is 284 g/mol. The molecule has 4 nitrogen and oxygen atoms in total. The summed E-state index contributed by atoms with van der Waals surface area (Å²) in [5.74, 6) is -0.390. The van der Waals surface area contributed by atoms with E-state index < -0.39 is 5.97 Å². The van der Waals surface area contributed by atoms with Crippen LogP contribution < -0.4 is 0 Å². The van der Waals surface area contributed by atoms with E-state index in [1.54, 1.807) is 16.5 Å². The molecular formula is C13H9ClN2O2S. The molecule has 0 saturated heterocycles. The number of rotatable bonds is 2. The molecule has 0 aliphatic carbocycles. The van der Waals surface area contributed by atoms with Gasteiger partial charge in [-0.05, 0) is 24.3 Å². The molecule has 0 aromatic carbocycles. The number of thiophene rings is 1. The average Bonchev–Trinajstić information content (AvgIpc) is 3.02. The summed E-state index contributed by atoms with van der Waals surface area (Å²) in [6.07, 6.45) is 1.81. The van der Waals surface area contributed by atoms with Gasteiger partial charge >= 0.3 is 5.97 Å². The molecule has 3 aromatic heterocycles. The van der Waals surface area contributed by atoms with E-state index in [1.165, 1.54) is 18.4 Å². The van der Waals surface area contributed by atoms with Crippen LogP contribution in [0.15, 0.2) is 36.5 Å². The third-order valence-electron chi connectivity index (χ3n) is 2.71. The number of pyridine rings is 1. The highest BCUT2D eigenvalue weighted by Crippen LogP contribution is 2.30. The Morgan fingerprint density at radius 2 is 2.21 bits per heavy atom. The van der Waals surface area contributed by atoms with E-state index in [9.17, 15) is 4.79 Å². The zero-order valence-electron chi connectivity index (χ0n) is 9.96. The maximum atomic E-state index is 11.7. The number of aromatic nitrogens is 2. The molecule has 6 heteroatoms. The number of imidazole rings is 1. The van der Waals surface area contributed by atoms with Crippen LogP contribution in [0.25, 0.3) is 16.2 Å². The average molecular weight is 293 g/mol. The monoisotopic (exact) mass is 292 g/mol. The quantitative estimate of drug-likeness (QED) is 0.679. The molecule has 0 atom stereocenters. The third-order valence-corrected chi connectivity index (χ3v) is 3.97. The smallest absolute Gasteiger partial charge is 0.355 e. The summed E-state index contributed by atoms with van der Waals surface area (Å²) in [6, 6.07) is 9.05. The highest BCUT2D eigenvalue weighted by atomic mass is 35.5. The van der Waals surface area contributed by atoms with E-state index in [4.69, 9.17) is 16.3 Å². The summed E-state index contributed by atoms with van der Waals surface area (Å²) in [6.45, 7) is 0. The molecule has 0 radical (unpaired) electrons. The van der Waals surface area contributed by atoms with Crippen molar-refractivity contribution in [1.82, 2.24) is 9.38 Å². The van der Waals surface area contributed by atoms with Gasteiger partial charge < -0.3 is 4.74 Å². The fraction of sp³-hybridized carbons (Fsp3) is 0.0769. The van der Waals surface area contributed by atoms with E-state index in [1.807, 2.05) is 24.4 Å². The van der Waals surface area contributed by atoms with Gasteiger partial charge in [0.1, 0.15) is 11.3 Å². The molecule has 96 valence electrons. The summed E-state index contributed by atoms with van der Waals surface area (Å²) < 4.78 is 7.18. The third kappa shape index (κ3) is 2.11. The van der Waals surface area contributed by atoms with Crippen molar-refractivity contribution in [3.63, 3.8) is 0 Å². The fourth-order valence-corrected chi connectivity index (χ4v) is 2.85. The van der Waals surface area contributed by atoms with Crippen LogP contribution in [0.4, 0.5) is 0 Å². The molecule has 3 aromatic rings. The first-order valence-corrected chi connectivity index (χ1v) is 6.70. The standard InChI is InChI=1S/C13H9ClN2O2S/c1-18-13(17)9-3-2-4-12-15-8(7-16(9)12)10-5-6-11(14)19-10/h2-7H,1H3. The van der Waals surface area contributed by atoms with Crippen LogP contribution in [-0.2, 0) is 4.74 Å². The molecule has 0 aliphatic heterocycles. The normalized spacial score (nSPS) is 10.8. The second kappa shape index (κ2) is 4.68. The molecule has 0 amide bonds. The first-order chi connectivity index (χ1) is 9.19. The Morgan fingerprint density at radius 3 is 2.89 bits per heavy atom. The van der Waals surface area contributed by atoms with Gasteiger partial charge in [0, 0.05) is 6.20 Å². The molecule has 0 saturated carbocycles. The first-order valence-electron chi connectivity index (χ1n) is 5.51. The topological polar surface area (TPSA) is 43.6 Å². The fourth-order valence-electron chi connectivity index (χ4n) is 1.85. The summed E-state index contributed by atoms with van der Waals surface area (Å²) >= 11 is 7.37. The lowest BCUT2D eigenvalue weighted by Crippen LogP contribution is -2.06. The van der Waals surface area contributed by atoms with Crippen molar-refractivity contribution in [1.29, 1.82) is 0 Å². The lowest BCUT2D eigenvalue weighted by Gasteiger charge is -2.01. The predicted octanol–water partition coefficient (Wildman–Crippen LogP) is 3.50. The zero-order chi connectivity index (χ0) is 13.4. The van der Waals surface area contributed by atoms with Crippen molar-refractivity contribution >= 4 is 34.6 Å². The number of carbonyl (C=O) groups excluding carboxylic acids is 1. The van der Waals surface area contributed by atoms with E-state index in [0.29, 0.717) is 15.7 Å². The number of halogens is 1. The van der Waals surface area contributed by atoms with Gasteiger partial charge in [0.15, 0.2) is 0 Å². The number of methoxy groups -OCH3 is 1. The molecule has 19 heavy (non-hydrogen) atoms. The molecule has 0 unspecified atom stereocenters. The highest BCUT2D eigenvalue weighted by molar-refractivity contribution is 7.19. The predicted molar refractivity (Wildman–Crippen MR) is 74.9 cm³/mol. The Hall–Kier alpha value is -1.85.